The van der Waals surface area contributed by atoms with Crippen molar-refractivity contribution >= 4 is 27.5 Å². The van der Waals surface area contributed by atoms with Gasteiger partial charge in [0.2, 0.25) is 0 Å². The van der Waals surface area contributed by atoms with Crippen LogP contribution in [0.2, 0.25) is 0 Å². The van der Waals surface area contributed by atoms with Crippen LogP contribution >= 0.6 is 0 Å². The Labute approximate surface area is 276 Å². The van der Waals surface area contributed by atoms with E-state index in [0.717, 1.165) is 38.6 Å². The highest BCUT2D eigenvalue weighted by Gasteiger charge is 2.50. The molecule has 3 aromatic carbocycles. The normalized spacial score (nSPS) is 28.1. The van der Waals surface area contributed by atoms with Gasteiger partial charge in [-0.25, -0.2) is 17.6 Å². The van der Waals surface area contributed by atoms with Crippen molar-refractivity contribution in [1.29, 1.82) is 0 Å². The highest BCUT2D eigenvalue weighted by atomic mass is 19.1. The Balaban J connectivity index is 1.28. The van der Waals surface area contributed by atoms with Crippen LogP contribution in [0.25, 0.3) is 32.8 Å². The number of halogens is 4. The maximum atomic E-state index is 17.3. The van der Waals surface area contributed by atoms with Gasteiger partial charge in [-0.1, -0.05) is 13.0 Å². The van der Waals surface area contributed by atoms with E-state index < -0.39 is 29.2 Å². The summed E-state index contributed by atoms with van der Waals surface area (Å²) in [6, 6.07) is 6.20. The lowest BCUT2D eigenvalue weighted by molar-refractivity contribution is 0.107. The van der Waals surface area contributed by atoms with Crippen molar-refractivity contribution in [1.82, 2.24) is 20.2 Å². The minimum Gasteiger partial charge on any atom is -0.508 e. The molecule has 1 aromatic heterocycles. The summed E-state index contributed by atoms with van der Waals surface area (Å²) in [5, 5.41) is 15.6. The third-order valence-electron chi connectivity index (χ3n) is 11.8. The van der Waals surface area contributed by atoms with E-state index in [2.05, 4.69) is 20.1 Å². The minimum absolute atomic E-state index is 0.0188. The number of nitrogens with zero attached hydrogens (tertiary/aromatic N) is 4. The summed E-state index contributed by atoms with van der Waals surface area (Å²) < 4.78 is 70.5. The highest BCUT2D eigenvalue weighted by Crippen LogP contribution is 2.47. The number of benzene rings is 3. The average molecular weight is 662 g/mol. The molecule has 252 valence electrons. The number of rotatable bonds is 5. The summed E-state index contributed by atoms with van der Waals surface area (Å²) in [6.07, 6.45) is 5.34. The molecule has 6 heterocycles. The number of aromatic hydroxyl groups is 1. The lowest BCUT2D eigenvalue weighted by atomic mass is 9.87. The lowest BCUT2D eigenvalue weighted by Crippen LogP contribution is -2.58. The van der Waals surface area contributed by atoms with Crippen LogP contribution in [0.4, 0.5) is 23.4 Å². The van der Waals surface area contributed by atoms with Gasteiger partial charge in [-0.3, -0.25) is 4.90 Å². The minimum atomic E-state index is -0.933. The van der Waals surface area contributed by atoms with E-state index in [0.29, 0.717) is 71.9 Å². The Hall–Kier alpha value is -3.70. The number of ether oxygens (including phenoxy) is 1. The zero-order valence-electron chi connectivity index (χ0n) is 27.0. The molecule has 2 bridgehead atoms. The van der Waals surface area contributed by atoms with Crippen molar-refractivity contribution in [2.24, 2.45) is 0 Å². The van der Waals surface area contributed by atoms with Crippen molar-refractivity contribution in [3.05, 3.63) is 52.8 Å². The van der Waals surface area contributed by atoms with Crippen molar-refractivity contribution < 1.29 is 27.4 Å². The van der Waals surface area contributed by atoms with Gasteiger partial charge in [-0.15, -0.1) is 0 Å². The molecule has 11 heteroatoms. The first-order chi connectivity index (χ1) is 23.2. The second-order valence-electron chi connectivity index (χ2n) is 14.5. The van der Waals surface area contributed by atoms with Gasteiger partial charge in [0.1, 0.15) is 41.5 Å². The molecule has 0 unspecified atom stereocenters. The molecular weight excluding hydrogens is 622 g/mol. The van der Waals surface area contributed by atoms with Crippen LogP contribution in [-0.2, 0) is 12.8 Å². The molecule has 48 heavy (non-hydrogen) atoms. The smallest absolute Gasteiger partial charge is 0.319 e. The molecule has 0 aliphatic carbocycles. The van der Waals surface area contributed by atoms with Gasteiger partial charge < -0.3 is 20.1 Å². The molecule has 0 spiro atoms. The number of alkyl halides is 1. The van der Waals surface area contributed by atoms with Crippen LogP contribution in [0.5, 0.6) is 11.8 Å². The number of aryl methyl sites for hydroxylation is 2. The SMILES string of the molecule is CCc1c(F)ccc2cc(O)cc(-c3c(F)c4c5c(nc(OC[C@@]67CCCN6C[C@H](F)C7)nc5c3F)N3C[C@H]5CC[C@H](N5)[C@H]3CCC4)c12. The van der Waals surface area contributed by atoms with E-state index in [4.69, 9.17) is 9.72 Å². The molecule has 4 aromatic rings. The topological polar surface area (TPSA) is 73.8 Å². The average Bonchev–Trinajstić information content (AvgIpc) is 3.73. The zero-order chi connectivity index (χ0) is 32.9. The van der Waals surface area contributed by atoms with Gasteiger partial charge in [-0.2, -0.15) is 9.97 Å². The molecule has 7 nitrogen and oxygen atoms in total. The molecule has 9 rings (SSSR count). The van der Waals surface area contributed by atoms with Gasteiger partial charge in [0.15, 0.2) is 5.82 Å². The summed E-state index contributed by atoms with van der Waals surface area (Å²) in [4.78, 5) is 13.9. The van der Waals surface area contributed by atoms with Crippen LogP contribution < -0.4 is 15.0 Å². The third-order valence-corrected chi connectivity index (χ3v) is 11.8. The van der Waals surface area contributed by atoms with E-state index in [1.54, 1.807) is 6.92 Å². The van der Waals surface area contributed by atoms with E-state index >= 15 is 13.2 Å². The van der Waals surface area contributed by atoms with Gasteiger partial charge in [0.25, 0.3) is 0 Å². The number of aromatic nitrogens is 2. The first-order valence-corrected chi connectivity index (χ1v) is 17.5. The summed E-state index contributed by atoms with van der Waals surface area (Å²) >= 11 is 0. The van der Waals surface area contributed by atoms with E-state index in [1.165, 1.54) is 24.3 Å². The number of fused-ring (bicyclic) bond motifs is 7. The first kappa shape index (κ1) is 30.4. The molecule has 0 amide bonds. The monoisotopic (exact) mass is 661 g/mol. The van der Waals surface area contributed by atoms with Gasteiger partial charge in [-0.05, 0) is 98.0 Å². The van der Waals surface area contributed by atoms with E-state index in [1.807, 2.05) is 0 Å². The fourth-order valence-electron chi connectivity index (χ4n) is 9.75. The van der Waals surface area contributed by atoms with Gasteiger partial charge >= 0.3 is 6.01 Å². The van der Waals surface area contributed by atoms with Gasteiger partial charge in [0.05, 0.1) is 16.5 Å². The van der Waals surface area contributed by atoms with E-state index in [-0.39, 0.29) is 53.1 Å². The number of phenols is 1. The molecule has 4 saturated heterocycles. The predicted molar refractivity (Wildman–Crippen MR) is 176 cm³/mol. The van der Waals surface area contributed by atoms with Gasteiger partial charge in [0, 0.05) is 43.2 Å². The summed E-state index contributed by atoms with van der Waals surface area (Å²) in [7, 11) is 0. The van der Waals surface area contributed by atoms with Crippen LogP contribution in [0.3, 0.4) is 0 Å². The fraction of sp³-hybridized carbons (Fsp3) is 0.514. The number of hydrogen-bond acceptors (Lipinski definition) is 7. The Bertz CT molecular complexity index is 1970. The number of piperazine rings is 1. The van der Waals surface area contributed by atoms with E-state index in [9.17, 15) is 9.50 Å². The Morgan fingerprint density at radius 3 is 2.77 bits per heavy atom. The number of hydrogen-bond donors (Lipinski definition) is 2. The maximum absolute atomic E-state index is 17.3. The lowest BCUT2D eigenvalue weighted by Gasteiger charge is -2.43. The van der Waals surface area contributed by atoms with Crippen molar-refractivity contribution in [2.75, 3.05) is 31.1 Å². The second-order valence-corrected chi connectivity index (χ2v) is 14.5. The molecule has 5 aliphatic rings. The summed E-state index contributed by atoms with van der Waals surface area (Å²) in [5.41, 5.74) is -0.150. The number of phenolic OH excluding ortho intramolecular Hbond substituents is 1. The second kappa shape index (κ2) is 11.2. The maximum Gasteiger partial charge on any atom is 0.319 e. The quantitative estimate of drug-likeness (QED) is 0.230. The van der Waals surface area contributed by atoms with Crippen LogP contribution in [0.1, 0.15) is 63.0 Å². The predicted octanol–water partition coefficient (Wildman–Crippen LogP) is 6.74. The Morgan fingerprint density at radius 1 is 1.04 bits per heavy atom. The molecule has 0 saturated carbocycles. The first-order valence-electron chi connectivity index (χ1n) is 17.5. The number of nitrogens with one attached hydrogen (secondary N) is 1. The zero-order valence-corrected chi connectivity index (χ0v) is 27.0. The Morgan fingerprint density at radius 2 is 1.92 bits per heavy atom. The highest BCUT2D eigenvalue weighted by molar-refractivity contribution is 6.04. The number of anilines is 1. The third kappa shape index (κ3) is 4.52. The van der Waals surface area contributed by atoms with Crippen molar-refractivity contribution in [3.63, 3.8) is 0 Å². The standard InChI is InChI=1S/C37H39F4N5O2/c1-2-23-26(39)9-7-19-13-22(47)14-25(29(19)23)30-32(40)24-5-3-6-28-27-10-8-21(42-27)17-46(28)35-31(24)34(33(30)41)43-36(44-35)48-18-37-11-4-12-45(37)16-20(38)15-37/h7,9,13-14,20-21,27-28,42,47H,2-6,8,10-12,15-18H2,1H3/t20-,21-,27+,28-,37+/m1/s1. The van der Waals surface area contributed by atoms with Crippen molar-refractivity contribution in [2.45, 2.75) is 94.5 Å². The largest absolute Gasteiger partial charge is 0.508 e. The Kier molecular flexibility index (Phi) is 7.06. The van der Waals surface area contributed by atoms with Crippen molar-refractivity contribution in [3.8, 4) is 22.9 Å². The molecule has 5 aliphatic heterocycles. The molecule has 4 fully saturated rings. The van der Waals surface area contributed by atoms with Crippen LogP contribution in [-0.4, -0.2) is 76.1 Å². The molecule has 5 atom stereocenters. The molecular formula is C37H39F4N5O2. The summed E-state index contributed by atoms with van der Waals surface area (Å²) in [5.74, 6) is -1.83. The summed E-state index contributed by atoms with van der Waals surface area (Å²) in [6.45, 7) is 3.79. The van der Waals surface area contributed by atoms with Crippen LogP contribution in [0.15, 0.2) is 24.3 Å². The molecule has 2 N–H and O–H groups in total. The molecule has 0 radical (unpaired) electrons. The fourth-order valence-corrected chi connectivity index (χ4v) is 9.75. The van der Waals surface area contributed by atoms with Crippen LogP contribution in [0, 0.1) is 17.5 Å².